The molecule has 29 heavy (non-hydrogen) atoms. The third-order valence-corrected chi connectivity index (χ3v) is 4.33. The number of rotatable bonds is 2. The second-order valence-corrected chi connectivity index (χ2v) is 6.71. The number of anilines is 2. The standard InChI is InChI=1S/C17H18F6N6/c1-10-8-12(16(18,19)20)26-14(24-10)28-4-3-5-29(7-6-28)15-25-11(2)9-13(27-15)17(21,22)23/h8-9H,3-7H2,1-2H3. The van der Waals surface area contributed by atoms with Crippen molar-refractivity contribution >= 4 is 11.9 Å². The Bertz CT molecular complexity index is 810. The van der Waals surface area contributed by atoms with Crippen LogP contribution in [0.4, 0.5) is 38.2 Å². The minimum absolute atomic E-state index is 0.0553. The first kappa shape index (κ1) is 21.1. The van der Waals surface area contributed by atoms with Crippen LogP contribution in [0.15, 0.2) is 12.1 Å². The predicted octanol–water partition coefficient (Wildman–Crippen LogP) is 3.64. The highest BCUT2D eigenvalue weighted by Crippen LogP contribution is 2.30. The van der Waals surface area contributed by atoms with Crippen molar-refractivity contribution in [2.45, 2.75) is 32.6 Å². The minimum atomic E-state index is -4.59. The summed E-state index contributed by atoms with van der Waals surface area (Å²) in [5.74, 6) is -0.111. The highest BCUT2D eigenvalue weighted by molar-refractivity contribution is 5.38. The van der Waals surface area contributed by atoms with Gasteiger partial charge in [-0.05, 0) is 32.4 Å². The van der Waals surface area contributed by atoms with Crippen molar-refractivity contribution < 1.29 is 26.3 Å². The summed E-state index contributed by atoms with van der Waals surface area (Å²) >= 11 is 0. The molecule has 0 N–H and O–H groups in total. The Hall–Kier alpha value is -2.66. The fourth-order valence-corrected chi connectivity index (χ4v) is 3.00. The number of aromatic nitrogens is 4. The van der Waals surface area contributed by atoms with Crippen molar-refractivity contribution in [2.24, 2.45) is 0 Å². The normalized spacial score (nSPS) is 16.1. The van der Waals surface area contributed by atoms with Gasteiger partial charge in [-0.3, -0.25) is 0 Å². The molecule has 0 atom stereocenters. The van der Waals surface area contributed by atoms with Gasteiger partial charge in [0.25, 0.3) is 0 Å². The average molecular weight is 420 g/mol. The van der Waals surface area contributed by atoms with Crippen molar-refractivity contribution in [3.8, 4) is 0 Å². The highest BCUT2D eigenvalue weighted by atomic mass is 19.4. The number of alkyl halides is 6. The van der Waals surface area contributed by atoms with E-state index >= 15 is 0 Å². The van der Waals surface area contributed by atoms with Crippen LogP contribution >= 0.6 is 0 Å². The summed E-state index contributed by atoms with van der Waals surface area (Å²) in [6.45, 7) is 4.05. The molecule has 1 saturated heterocycles. The van der Waals surface area contributed by atoms with Crippen molar-refractivity contribution in [2.75, 3.05) is 36.0 Å². The molecule has 12 heteroatoms. The van der Waals surface area contributed by atoms with E-state index in [9.17, 15) is 26.3 Å². The van der Waals surface area contributed by atoms with Gasteiger partial charge in [-0.2, -0.15) is 26.3 Å². The summed E-state index contributed by atoms with van der Waals surface area (Å²) in [4.78, 5) is 18.6. The largest absolute Gasteiger partial charge is 0.433 e. The number of nitrogens with zero attached hydrogens (tertiary/aromatic N) is 6. The zero-order valence-corrected chi connectivity index (χ0v) is 15.6. The molecule has 0 aliphatic carbocycles. The zero-order chi connectivity index (χ0) is 21.4. The number of aryl methyl sites for hydroxylation is 2. The molecule has 0 unspecified atom stereocenters. The highest BCUT2D eigenvalue weighted by Gasteiger charge is 2.35. The van der Waals surface area contributed by atoms with Crippen LogP contribution in [0.3, 0.4) is 0 Å². The Morgan fingerprint density at radius 3 is 1.38 bits per heavy atom. The molecule has 2 aromatic rings. The molecule has 1 aliphatic heterocycles. The lowest BCUT2D eigenvalue weighted by Crippen LogP contribution is -2.33. The van der Waals surface area contributed by atoms with Gasteiger partial charge in [-0.15, -0.1) is 0 Å². The van der Waals surface area contributed by atoms with E-state index in [4.69, 9.17) is 0 Å². The fourth-order valence-electron chi connectivity index (χ4n) is 3.00. The monoisotopic (exact) mass is 420 g/mol. The van der Waals surface area contributed by atoms with Crippen molar-refractivity contribution in [3.63, 3.8) is 0 Å². The summed E-state index contributed by atoms with van der Waals surface area (Å²) in [6, 6.07) is 1.74. The third-order valence-electron chi connectivity index (χ3n) is 4.33. The predicted molar refractivity (Wildman–Crippen MR) is 92.6 cm³/mol. The summed E-state index contributed by atoms with van der Waals surface area (Å²) in [5, 5.41) is 0. The molecule has 0 amide bonds. The summed E-state index contributed by atoms with van der Waals surface area (Å²) in [5.41, 5.74) is -1.70. The topological polar surface area (TPSA) is 58.0 Å². The molecule has 0 saturated carbocycles. The van der Waals surface area contributed by atoms with E-state index < -0.39 is 23.7 Å². The first-order valence-electron chi connectivity index (χ1n) is 8.79. The van der Waals surface area contributed by atoms with Crippen molar-refractivity contribution in [1.29, 1.82) is 0 Å². The Kier molecular flexibility index (Phi) is 5.54. The van der Waals surface area contributed by atoms with E-state index in [1.807, 2.05) is 0 Å². The van der Waals surface area contributed by atoms with E-state index in [1.165, 1.54) is 13.8 Å². The van der Waals surface area contributed by atoms with E-state index in [2.05, 4.69) is 19.9 Å². The maximum absolute atomic E-state index is 13.0. The van der Waals surface area contributed by atoms with E-state index in [1.54, 1.807) is 9.80 Å². The van der Waals surface area contributed by atoms with Crippen LogP contribution in [0.5, 0.6) is 0 Å². The van der Waals surface area contributed by atoms with Gasteiger partial charge in [0, 0.05) is 37.6 Å². The molecular formula is C17H18F6N6. The zero-order valence-electron chi connectivity index (χ0n) is 15.6. The molecule has 0 aromatic carbocycles. The van der Waals surface area contributed by atoms with Crippen LogP contribution in [-0.2, 0) is 12.4 Å². The van der Waals surface area contributed by atoms with Crippen molar-refractivity contribution in [1.82, 2.24) is 19.9 Å². The van der Waals surface area contributed by atoms with Gasteiger partial charge in [0.15, 0.2) is 0 Å². The van der Waals surface area contributed by atoms with Gasteiger partial charge in [0.05, 0.1) is 0 Å². The minimum Gasteiger partial charge on any atom is -0.339 e. The molecule has 3 heterocycles. The van der Waals surface area contributed by atoms with Crippen LogP contribution < -0.4 is 9.80 Å². The number of hydrogen-bond donors (Lipinski definition) is 0. The number of hydrogen-bond acceptors (Lipinski definition) is 6. The average Bonchev–Trinajstić information content (AvgIpc) is 2.85. The maximum Gasteiger partial charge on any atom is 0.433 e. The van der Waals surface area contributed by atoms with Crippen LogP contribution in [-0.4, -0.2) is 46.1 Å². The SMILES string of the molecule is Cc1cc(C(F)(F)F)nc(N2CCCN(c3nc(C)cc(C(F)(F)F)n3)CC2)n1. The van der Waals surface area contributed by atoms with E-state index in [0.717, 1.165) is 12.1 Å². The molecular weight excluding hydrogens is 402 g/mol. The second kappa shape index (κ2) is 7.64. The third kappa shape index (κ3) is 5.04. The molecule has 0 spiro atoms. The number of halogens is 6. The lowest BCUT2D eigenvalue weighted by atomic mass is 10.3. The smallest absolute Gasteiger partial charge is 0.339 e. The summed E-state index contributed by atoms with van der Waals surface area (Å²) < 4.78 is 78.2. The van der Waals surface area contributed by atoms with E-state index in [0.29, 0.717) is 19.5 Å². The van der Waals surface area contributed by atoms with Gasteiger partial charge in [0.2, 0.25) is 11.9 Å². The molecule has 0 radical (unpaired) electrons. The molecule has 1 aliphatic rings. The van der Waals surface area contributed by atoms with E-state index in [-0.39, 0.29) is 36.4 Å². The first-order valence-corrected chi connectivity index (χ1v) is 8.79. The molecule has 158 valence electrons. The quantitative estimate of drug-likeness (QED) is 0.692. The lowest BCUT2D eigenvalue weighted by Gasteiger charge is -2.23. The van der Waals surface area contributed by atoms with Gasteiger partial charge in [-0.25, -0.2) is 19.9 Å². The van der Waals surface area contributed by atoms with Crippen LogP contribution in [0.2, 0.25) is 0 Å². The van der Waals surface area contributed by atoms with Gasteiger partial charge in [-0.1, -0.05) is 0 Å². The Morgan fingerprint density at radius 1 is 0.655 bits per heavy atom. The molecule has 2 aromatic heterocycles. The van der Waals surface area contributed by atoms with Gasteiger partial charge in [0.1, 0.15) is 11.4 Å². The first-order chi connectivity index (χ1) is 13.4. The van der Waals surface area contributed by atoms with Crippen LogP contribution in [0.25, 0.3) is 0 Å². The summed E-state index contributed by atoms with van der Waals surface area (Å²) in [6.07, 6.45) is -8.72. The Labute approximate surface area is 162 Å². The molecule has 3 rings (SSSR count). The van der Waals surface area contributed by atoms with Crippen molar-refractivity contribution in [3.05, 3.63) is 34.9 Å². The lowest BCUT2D eigenvalue weighted by molar-refractivity contribution is -0.142. The van der Waals surface area contributed by atoms with Crippen LogP contribution in [0.1, 0.15) is 29.2 Å². The molecule has 0 bridgehead atoms. The Morgan fingerprint density at radius 2 is 1.03 bits per heavy atom. The maximum atomic E-state index is 13.0. The molecule has 1 fully saturated rings. The summed E-state index contributed by atoms with van der Waals surface area (Å²) in [7, 11) is 0. The Balaban J connectivity index is 1.82. The molecule has 6 nitrogen and oxygen atoms in total. The van der Waals surface area contributed by atoms with Gasteiger partial charge >= 0.3 is 12.4 Å². The van der Waals surface area contributed by atoms with Gasteiger partial charge < -0.3 is 9.80 Å². The van der Waals surface area contributed by atoms with Crippen LogP contribution in [0, 0.1) is 13.8 Å². The second-order valence-electron chi connectivity index (χ2n) is 6.71. The fraction of sp³-hybridized carbons (Fsp3) is 0.529.